The maximum atomic E-state index is 15.4. The third kappa shape index (κ3) is 4.07. The number of aromatic nitrogens is 6. The number of hydrogen-bond acceptors (Lipinski definition) is 8. The Bertz CT molecular complexity index is 1600. The highest BCUT2D eigenvalue weighted by molar-refractivity contribution is 6.31. The van der Waals surface area contributed by atoms with Crippen LogP contribution in [0.5, 0.6) is 0 Å². The summed E-state index contributed by atoms with van der Waals surface area (Å²) in [4.78, 5) is 36.8. The van der Waals surface area contributed by atoms with Gasteiger partial charge in [-0.1, -0.05) is 11.6 Å². The first kappa shape index (κ1) is 24.1. The molecule has 1 saturated heterocycles. The lowest BCUT2D eigenvalue weighted by Crippen LogP contribution is -2.49. The Hall–Kier alpha value is -4.29. The summed E-state index contributed by atoms with van der Waals surface area (Å²) in [6.07, 6.45) is 5.91. The van der Waals surface area contributed by atoms with Crippen molar-refractivity contribution in [2.45, 2.75) is 31.0 Å². The molecule has 0 radical (unpaired) electrons. The summed E-state index contributed by atoms with van der Waals surface area (Å²) >= 11 is 6.10. The van der Waals surface area contributed by atoms with Crippen LogP contribution in [0.3, 0.4) is 0 Å². The molecule has 3 atom stereocenters. The van der Waals surface area contributed by atoms with Gasteiger partial charge in [0.25, 0.3) is 0 Å². The molecule has 2 aliphatic rings. The minimum Gasteiger partial charge on any atom is -0.379 e. The topological polar surface area (TPSA) is 128 Å². The van der Waals surface area contributed by atoms with Crippen LogP contribution in [-0.2, 0) is 14.3 Å². The van der Waals surface area contributed by atoms with Crippen LogP contribution < -0.4 is 5.32 Å². The number of carbonyl (C=O) groups excluding carboxylic acids is 2. The molecule has 11 nitrogen and oxygen atoms in total. The van der Waals surface area contributed by atoms with Gasteiger partial charge in [0, 0.05) is 43.3 Å². The van der Waals surface area contributed by atoms with Crippen LogP contribution in [-0.4, -0.2) is 72.2 Å². The van der Waals surface area contributed by atoms with E-state index in [1.165, 1.54) is 35.2 Å². The number of tetrazole rings is 1. The van der Waals surface area contributed by atoms with Crippen LogP contribution in [0, 0.1) is 5.82 Å². The van der Waals surface area contributed by atoms with Crippen molar-refractivity contribution in [2.24, 2.45) is 0 Å². The predicted octanol–water partition coefficient (Wildman–Crippen LogP) is 2.81. The number of halogens is 2. The molecule has 192 valence electrons. The van der Waals surface area contributed by atoms with Gasteiger partial charge in [0.15, 0.2) is 5.82 Å². The van der Waals surface area contributed by atoms with Gasteiger partial charge in [-0.3, -0.25) is 19.6 Å². The molecule has 0 bridgehead atoms. The van der Waals surface area contributed by atoms with E-state index in [0.717, 1.165) is 0 Å². The molecule has 2 amide bonds. The number of carbonyl (C=O) groups is 2. The fourth-order valence-electron chi connectivity index (χ4n) is 5.19. The smallest absolute Gasteiger partial charge is 0.247 e. The van der Waals surface area contributed by atoms with E-state index in [2.05, 4.69) is 30.8 Å². The number of rotatable bonds is 5. The van der Waals surface area contributed by atoms with Crippen molar-refractivity contribution in [3.63, 3.8) is 0 Å². The molecule has 2 aromatic heterocycles. The fraction of sp³-hybridized carbons (Fsp3) is 0.240. The van der Waals surface area contributed by atoms with Gasteiger partial charge >= 0.3 is 0 Å². The Labute approximate surface area is 220 Å². The molecule has 2 aliphatic heterocycles. The predicted molar refractivity (Wildman–Crippen MR) is 135 cm³/mol. The van der Waals surface area contributed by atoms with Crippen molar-refractivity contribution in [3.8, 4) is 5.69 Å². The van der Waals surface area contributed by atoms with Crippen molar-refractivity contribution < 1.29 is 18.7 Å². The van der Waals surface area contributed by atoms with Crippen LogP contribution in [0.1, 0.15) is 18.4 Å². The first-order chi connectivity index (χ1) is 18.4. The summed E-state index contributed by atoms with van der Waals surface area (Å²) in [6, 6.07) is 6.92. The van der Waals surface area contributed by atoms with E-state index in [4.69, 9.17) is 16.3 Å². The van der Waals surface area contributed by atoms with Crippen LogP contribution in [0.4, 0.5) is 10.1 Å². The molecule has 0 spiro atoms. The van der Waals surface area contributed by atoms with Crippen LogP contribution in [0.15, 0.2) is 55.1 Å². The Morgan fingerprint density at radius 3 is 2.76 bits per heavy atom. The first-order valence-electron chi connectivity index (χ1n) is 11.7. The second-order valence-electron chi connectivity index (χ2n) is 8.97. The van der Waals surface area contributed by atoms with E-state index >= 15 is 4.39 Å². The number of methoxy groups -OCH3 is 1. The molecule has 1 fully saturated rings. The van der Waals surface area contributed by atoms with Crippen molar-refractivity contribution >= 4 is 45.7 Å². The van der Waals surface area contributed by atoms with Gasteiger partial charge in [0.1, 0.15) is 12.4 Å². The largest absolute Gasteiger partial charge is 0.379 e. The van der Waals surface area contributed by atoms with E-state index in [1.54, 1.807) is 36.7 Å². The molecule has 2 aromatic carbocycles. The summed E-state index contributed by atoms with van der Waals surface area (Å²) in [5.74, 6) is -1.47. The lowest BCUT2D eigenvalue weighted by atomic mass is 9.91. The number of benzene rings is 2. The Balaban J connectivity index is 1.32. The van der Waals surface area contributed by atoms with Crippen molar-refractivity contribution in [3.05, 3.63) is 71.5 Å². The molecule has 6 rings (SSSR count). The number of amides is 2. The van der Waals surface area contributed by atoms with Gasteiger partial charge in [-0.05, 0) is 52.8 Å². The van der Waals surface area contributed by atoms with Gasteiger partial charge in [-0.25, -0.2) is 4.39 Å². The zero-order chi connectivity index (χ0) is 26.4. The SMILES string of the molecule is CO[C@@H]1C[C@@H](C(=O)Nc2ccc3nccnc3c2)N2C(=O)C=C(c3c(-n4cnnn4)ccc(Cl)c3F)CC12. The Morgan fingerprint density at radius 2 is 2.00 bits per heavy atom. The van der Waals surface area contributed by atoms with E-state index in [-0.39, 0.29) is 29.3 Å². The number of hydrogen-bond donors (Lipinski definition) is 1. The molecular weight excluding hydrogens is 515 g/mol. The Kier molecular flexibility index (Phi) is 6.04. The Morgan fingerprint density at radius 1 is 1.18 bits per heavy atom. The second kappa shape index (κ2) is 9.54. The van der Waals surface area contributed by atoms with E-state index < -0.39 is 29.9 Å². The average molecular weight is 535 g/mol. The highest BCUT2D eigenvalue weighted by Crippen LogP contribution is 2.41. The number of nitrogens with zero attached hydrogens (tertiary/aromatic N) is 7. The second-order valence-corrected chi connectivity index (χ2v) is 9.38. The molecule has 38 heavy (non-hydrogen) atoms. The van der Waals surface area contributed by atoms with Crippen LogP contribution >= 0.6 is 11.6 Å². The number of nitrogens with one attached hydrogen (secondary N) is 1. The maximum absolute atomic E-state index is 15.4. The van der Waals surface area contributed by atoms with Gasteiger partial charge in [0.05, 0.1) is 33.9 Å². The first-order valence-corrected chi connectivity index (χ1v) is 12.1. The molecule has 4 aromatic rings. The van der Waals surface area contributed by atoms with Gasteiger partial charge in [-0.2, -0.15) is 4.68 Å². The number of ether oxygens (including phenoxy) is 1. The zero-order valence-electron chi connectivity index (χ0n) is 20.0. The number of fused-ring (bicyclic) bond motifs is 2. The highest BCUT2D eigenvalue weighted by Gasteiger charge is 2.49. The maximum Gasteiger partial charge on any atom is 0.247 e. The van der Waals surface area contributed by atoms with Crippen molar-refractivity contribution in [1.29, 1.82) is 0 Å². The highest BCUT2D eigenvalue weighted by atomic mass is 35.5. The lowest BCUT2D eigenvalue weighted by Gasteiger charge is -2.34. The van der Waals surface area contributed by atoms with Crippen molar-refractivity contribution in [2.75, 3.05) is 12.4 Å². The minimum atomic E-state index is -0.781. The van der Waals surface area contributed by atoms with E-state index in [1.807, 2.05) is 0 Å². The summed E-state index contributed by atoms with van der Waals surface area (Å²) in [5.41, 5.74) is 2.74. The summed E-state index contributed by atoms with van der Waals surface area (Å²) in [7, 11) is 1.53. The van der Waals surface area contributed by atoms with Crippen LogP contribution in [0.2, 0.25) is 5.02 Å². The number of anilines is 1. The monoisotopic (exact) mass is 534 g/mol. The molecular formula is C25H20ClFN8O3. The molecule has 0 aliphatic carbocycles. The molecule has 1 unspecified atom stereocenters. The average Bonchev–Trinajstić information content (AvgIpc) is 3.58. The van der Waals surface area contributed by atoms with Crippen molar-refractivity contribution in [1.82, 2.24) is 35.1 Å². The van der Waals surface area contributed by atoms with E-state index in [0.29, 0.717) is 28.0 Å². The molecule has 13 heteroatoms. The quantitative estimate of drug-likeness (QED) is 0.414. The third-order valence-electron chi connectivity index (χ3n) is 6.89. The van der Waals surface area contributed by atoms with E-state index in [9.17, 15) is 9.59 Å². The summed E-state index contributed by atoms with van der Waals surface area (Å²) < 4.78 is 22.3. The summed E-state index contributed by atoms with van der Waals surface area (Å²) in [6.45, 7) is 0. The fourth-order valence-corrected chi connectivity index (χ4v) is 5.35. The lowest BCUT2D eigenvalue weighted by molar-refractivity contribution is -0.135. The van der Waals surface area contributed by atoms with Gasteiger partial charge < -0.3 is 15.0 Å². The zero-order valence-corrected chi connectivity index (χ0v) is 20.7. The summed E-state index contributed by atoms with van der Waals surface area (Å²) in [5, 5.41) is 13.9. The standard InChI is InChI=1S/C25H20ClFN8O3/c1-38-21-11-20(25(37)31-14-2-4-16-17(10-14)29-7-6-28-16)35-19(21)8-13(9-22(35)36)23-18(34-12-30-32-33-34)5-3-15(26)24(23)27/h2-7,9-10,12,19-21H,8,11H2,1H3,(H,31,37)/t19?,20-,21+/m0/s1. The third-order valence-corrected chi connectivity index (χ3v) is 7.18. The minimum absolute atomic E-state index is 0.0976. The van der Waals surface area contributed by atoms with Gasteiger partial charge in [-0.15, -0.1) is 5.10 Å². The molecule has 4 heterocycles. The molecule has 0 saturated carbocycles. The normalized spacial score (nSPS) is 20.9. The van der Waals surface area contributed by atoms with Gasteiger partial charge in [0.2, 0.25) is 11.8 Å². The molecule has 1 N–H and O–H groups in total. The van der Waals surface area contributed by atoms with Crippen LogP contribution in [0.25, 0.3) is 22.3 Å².